The summed E-state index contributed by atoms with van der Waals surface area (Å²) < 4.78 is 41.2. The van der Waals surface area contributed by atoms with Gasteiger partial charge in [0.25, 0.3) is 5.91 Å². The molecule has 1 saturated heterocycles. The zero-order valence-corrected chi connectivity index (χ0v) is 22.2. The number of carbonyl (C=O) groups is 1. The molecular formula is C28H30N4O5S. The van der Waals surface area contributed by atoms with Crippen molar-refractivity contribution in [3.8, 4) is 17.2 Å². The highest BCUT2D eigenvalue weighted by molar-refractivity contribution is 7.89. The van der Waals surface area contributed by atoms with Crippen LogP contribution in [0.3, 0.4) is 0 Å². The van der Waals surface area contributed by atoms with Gasteiger partial charge in [0.1, 0.15) is 6.33 Å². The fourth-order valence-electron chi connectivity index (χ4n) is 4.58. The monoisotopic (exact) mass is 534 g/mol. The van der Waals surface area contributed by atoms with Gasteiger partial charge in [-0.3, -0.25) is 9.36 Å². The van der Waals surface area contributed by atoms with E-state index in [0.29, 0.717) is 43.4 Å². The number of hydrogen-bond acceptors (Lipinski definition) is 6. The van der Waals surface area contributed by atoms with Crippen LogP contribution in [0.2, 0.25) is 0 Å². The molecule has 0 saturated carbocycles. The highest BCUT2D eigenvalue weighted by atomic mass is 32.2. The Morgan fingerprint density at radius 1 is 0.868 bits per heavy atom. The van der Waals surface area contributed by atoms with Crippen LogP contribution in [0.4, 0.5) is 0 Å². The molecule has 0 bridgehead atoms. The van der Waals surface area contributed by atoms with Gasteiger partial charge in [-0.2, -0.15) is 4.31 Å². The molecule has 0 N–H and O–H groups in total. The minimum absolute atomic E-state index is 0.121. The first-order valence-electron chi connectivity index (χ1n) is 12.6. The zero-order valence-electron chi connectivity index (χ0n) is 21.4. The summed E-state index contributed by atoms with van der Waals surface area (Å²) in [6.07, 6.45) is 1.77. The Labute approximate surface area is 222 Å². The van der Waals surface area contributed by atoms with Gasteiger partial charge in [0, 0.05) is 43.5 Å². The summed E-state index contributed by atoms with van der Waals surface area (Å²) in [7, 11) is -3.75. The second-order valence-electron chi connectivity index (χ2n) is 8.82. The van der Waals surface area contributed by atoms with Gasteiger partial charge in [0.05, 0.1) is 29.1 Å². The van der Waals surface area contributed by atoms with E-state index in [9.17, 15) is 13.2 Å². The normalized spacial score (nSPS) is 14.5. The molecule has 4 aromatic rings. The van der Waals surface area contributed by atoms with E-state index < -0.39 is 10.0 Å². The Morgan fingerprint density at radius 3 is 2.26 bits per heavy atom. The van der Waals surface area contributed by atoms with Gasteiger partial charge in [0.2, 0.25) is 10.0 Å². The van der Waals surface area contributed by atoms with Crippen molar-refractivity contribution in [3.63, 3.8) is 0 Å². The second kappa shape index (κ2) is 10.8. The Morgan fingerprint density at radius 2 is 1.55 bits per heavy atom. The van der Waals surface area contributed by atoms with Gasteiger partial charge < -0.3 is 14.4 Å². The minimum Gasteiger partial charge on any atom is -0.490 e. The number of piperazine rings is 1. The minimum atomic E-state index is -3.75. The molecule has 0 atom stereocenters. The lowest BCUT2D eigenvalue weighted by atomic mass is 10.1. The van der Waals surface area contributed by atoms with Crippen molar-refractivity contribution in [3.05, 3.63) is 78.6 Å². The van der Waals surface area contributed by atoms with Crippen LogP contribution in [0.1, 0.15) is 24.2 Å². The Kier molecular flexibility index (Phi) is 7.35. The van der Waals surface area contributed by atoms with E-state index >= 15 is 0 Å². The van der Waals surface area contributed by atoms with E-state index in [1.807, 2.05) is 54.8 Å². The van der Waals surface area contributed by atoms with E-state index in [2.05, 4.69) is 4.98 Å². The van der Waals surface area contributed by atoms with E-state index in [1.165, 1.54) is 16.4 Å². The molecule has 1 fully saturated rings. The third-order valence-corrected chi connectivity index (χ3v) is 8.42. The first-order valence-corrected chi connectivity index (χ1v) is 14.1. The first kappa shape index (κ1) is 25.7. The number of sulfonamides is 1. The Hall–Kier alpha value is -3.89. The quantitative estimate of drug-likeness (QED) is 0.340. The Balaban J connectivity index is 1.26. The summed E-state index contributed by atoms with van der Waals surface area (Å²) in [4.78, 5) is 19.4. The topological polar surface area (TPSA) is 94.0 Å². The second-order valence-corrected chi connectivity index (χ2v) is 10.8. The molecule has 38 heavy (non-hydrogen) atoms. The molecule has 198 valence electrons. The predicted molar refractivity (Wildman–Crippen MR) is 145 cm³/mol. The maximum Gasteiger partial charge on any atom is 0.253 e. The van der Waals surface area contributed by atoms with Gasteiger partial charge in [0.15, 0.2) is 11.5 Å². The molecule has 5 rings (SSSR count). The molecule has 0 spiro atoms. The van der Waals surface area contributed by atoms with Crippen LogP contribution >= 0.6 is 0 Å². The van der Waals surface area contributed by atoms with E-state index in [4.69, 9.17) is 9.47 Å². The van der Waals surface area contributed by atoms with Crippen LogP contribution in [-0.2, 0) is 10.0 Å². The van der Waals surface area contributed by atoms with Crippen LogP contribution in [0, 0.1) is 0 Å². The van der Waals surface area contributed by atoms with Crippen LogP contribution in [0.15, 0.2) is 78.0 Å². The smallest absolute Gasteiger partial charge is 0.253 e. The van der Waals surface area contributed by atoms with Crippen molar-refractivity contribution in [2.45, 2.75) is 18.7 Å². The van der Waals surface area contributed by atoms with Crippen LogP contribution in [-0.4, -0.2) is 72.5 Å². The first-order chi connectivity index (χ1) is 18.4. The molecule has 1 aliphatic rings. The maximum atomic E-state index is 13.3. The van der Waals surface area contributed by atoms with Crippen LogP contribution in [0.25, 0.3) is 16.7 Å². The fourth-order valence-corrected chi connectivity index (χ4v) is 6.02. The van der Waals surface area contributed by atoms with Crippen molar-refractivity contribution in [1.82, 2.24) is 18.8 Å². The molecule has 9 nitrogen and oxygen atoms in total. The highest BCUT2D eigenvalue weighted by Gasteiger charge is 2.31. The largest absolute Gasteiger partial charge is 0.490 e. The third-order valence-electron chi connectivity index (χ3n) is 6.52. The molecular weight excluding hydrogens is 504 g/mol. The van der Waals surface area contributed by atoms with Crippen molar-refractivity contribution in [2.75, 3.05) is 39.4 Å². The Bertz CT molecular complexity index is 1540. The number of imidazole rings is 1. The fraction of sp³-hybridized carbons (Fsp3) is 0.286. The number of carbonyl (C=O) groups excluding carboxylic acids is 1. The number of fused-ring (bicyclic) bond motifs is 1. The molecule has 1 aromatic heterocycles. The van der Waals surface area contributed by atoms with Crippen LogP contribution in [0.5, 0.6) is 11.5 Å². The summed E-state index contributed by atoms with van der Waals surface area (Å²) in [6.45, 7) is 5.57. The molecule has 2 heterocycles. The number of amides is 1. The molecule has 0 radical (unpaired) electrons. The van der Waals surface area contributed by atoms with Crippen molar-refractivity contribution in [2.24, 2.45) is 0 Å². The number of para-hydroxylation sites is 2. The molecule has 3 aromatic carbocycles. The average Bonchev–Trinajstić information content (AvgIpc) is 3.38. The van der Waals surface area contributed by atoms with Crippen molar-refractivity contribution >= 4 is 27.0 Å². The van der Waals surface area contributed by atoms with E-state index in [-0.39, 0.29) is 23.9 Å². The summed E-state index contributed by atoms with van der Waals surface area (Å²) in [5.41, 5.74) is 3.36. The summed E-state index contributed by atoms with van der Waals surface area (Å²) >= 11 is 0. The van der Waals surface area contributed by atoms with Gasteiger partial charge in [-0.15, -0.1) is 0 Å². The molecule has 0 unspecified atom stereocenters. The predicted octanol–water partition coefficient (Wildman–Crippen LogP) is 3.97. The van der Waals surface area contributed by atoms with Crippen molar-refractivity contribution in [1.29, 1.82) is 0 Å². The van der Waals surface area contributed by atoms with Gasteiger partial charge in [-0.25, -0.2) is 13.4 Å². The van der Waals surface area contributed by atoms with E-state index in [1.54, 1.807) is 29.4 Å². The highest BCUT2D eigenvalue weighted by Crippen LogP contribution is 2.32. The molecule has 10 heteroatoms. The van der Waals surface area contributed by atoms with E-state index in [0.717, 1.165) is 16.7 Å². The average molecular weight is 535 g/mol. The summed E-state index contributed by atoms with van der Waals surface area (Å²) in [6, 6.07) is 19.9. The molecule has 1 amide bonds. The van der Waals surface area contributed by atoms with Crippen molar-refractivity contribution < 1.29 is 22.7 Å². The van der Waals surface area contributed by atoms with Gasteiger partial charge in [-0.1, -0.05) is 12.1 Å². The third kappa shape index (κ3) is 4.97. The molecule has 0 aliphatic carbocycles. The maximum absolute atomic E-state index is 13.3. The lowest BCUT2D eigenvalue weighted by Crippen LogP contribution is -2.50. The molecule has 1 aliphatic heterocycles. The summed E-state index contributed by atoms with van der Waals surface area (Å²) in [5.74, 6) is 0.788. The summed E-state index contributed by atoms with van der Waals surface area (Å²) in [5, 5.41) is 0. The lowest BCUT2D eigenvalue weighted by Gasteiger charge is -2.34. The number of ether oxygens (including phenoxy) is 2. The number of nitrogens with zero attached hydrogens (tertiary/aromatic N) is 4. The standard InChI is InChI=1S/C28H30N4O5S/c1-3-36-26-14-13-23(19-27(26)37-4-2)38(34,35)31-17-15-30(16-18-31)28(33)21-9-11-22(12-10-21)32-20-29-24-7-5-6-8-25(24)32/h5-14,19-20H,3-4,15-18H2,1-2H3. The van der Waals surface area contributed by atoms with Gasteiger partial charge >= 0.3 is 0 Å². The number of aromatic nitrogens is 2. The number of rotatable bonds is 8. The zero-order chi connectivity index (χ0) is 26.7. The SMILES string of the molecule is CCOc1ccc(S(=O)(=O)N2CCN(C(=O)c3ccc(-n4cnc5ccccc54)cc3)CC2)cc1OCC. The number of hydrogen-bond donors (Lipinski definition) is 0. The number of benzene rings is 3. The lowest BCUT2D eigenvalue weighted by molar-refractivity contribution is 0.0698. The van der Waals surface area contributed by atoms with Gasteiger partial charge in [-0.05, 0) is 62.4 Å². The van der Waals surface area contributed by atoms with Crippen LogP contribution < -0.4 is 9.47 Å².